The summed E-state index contributed by atoms with van der Waals surface area (Å²) in [7, 11) is 2.01. The average molecular weight is 227 g/mol. The topological polar surface area (TPSA) is 44.4 Å². The number of carbonyl (C=O) groups is 1. The Balaban J connectivity index is 2.43. The van der Waals surface area contributed by atoms with E-state index in [0.717, 1.165) is 38.9 Å². The molecule has 0 aromatic heterocycles. The highest BCUT2D eigenvalue weighted by molar-refractivity contribution is 5.74. The van der Waals surface area contributed by atoms with E-state index in [-0.39, 0.29) is 6.03 Å². The lowest BCUT2D eigenvalue weighted by Crippen LogP contribution is -2.52. The number of likely N-dealkylation sites (tertiary alicyclic amines) is 1. The molecule has 0 bridgehead atoms. The Labute approximate surface area is 98.8 Å². The van der Waals surface area contributed by atoms with E-state index >= 15 is 0 Å². The Morgan fingerprint density at radius 2 is 2.19 bits per heavy atom. The van der Waals surface area contributed by atoms with Crippen molar-refractivity contribution in [2.75, 3.05) is 26.7 Å². The van der Waals surface area contributed by atoms with Crippen LogP contribution >= 0.6 is 0 Å². The first-order valence-electron chi connectivity index (χ1n) is 6.42. The van der Waals surface area contributed by atoms with Crippen LogP contribution in [-0.4, -0.2) is 43.7 Å². The SMILES string of the molecule is CCCNC(=O)N1CCC(NC)C(CC)C1. The molecule has 16 heavy (non-hydrogen) atoms. The average Bonchev–Trinajstić information content (AvgIpc) is 2.34. The highest BCUT2D eigenvalue weighted by Crippen LogP contribution is 2.19. The number of nitrogens with zero attached hydrogens (tertiary/aromatic N) is 1. The molecule has 2 unspecified atom stereocenters. The molecule has 2 N–H and O–H groups in total. The molecular formula is C12H25N3O. The fraction of sp³-hybridized carbons (Fsp3) is 0.917. The van der Waals surface area contributed by atoms with Crippen molar-refractivity contribution >= 4 is 6.03 Å². The van der Waals surface area contributed by atoms with E-state index in [4.69, 9.17) is 0 Å². The summed E-state index contributed by atoms with van der Waals surface area (Å²) >= 11 is 0. The van der Waals surface area contributed by atoms with Crippen LogP contribution in [0, 0.1) is 5.92 Å². The van der Waals surface area contributed by atoms with Gasteiger partial charge in [0.05, 0.1) is 0 Å². The molecule has 2 amide bonds. The van der Waals surface area contributed by atoms with Gasteiger partial charge in [0.15, 0.2) is 0 Å². The van der Waals surface area contributed by atoms with Crippen LogP contribution in [0.1, 0.15) is 33.1 Å². The second-order valence-electron chi connectivity index (χ2n) is 4.53. The van der Waals surface area contributed by atoms with E-state index in [1.807, 2.05) is 11.9 Å². The maximum Gasteiger partial charge on any atom is 0.317 e. The van der Waals surface area contributed by atoms with Crippen LogP contribution in [0.5, 0.6) is 0 Å². The molecule has 1 saturated heterocycles. The Kier molecular flexibility index (Phi) is 5.60. The van der Waals surface area contributed by atoms with Crippen LogP contribution in [0.2, 0.25) is 0 Å². The number of nitrogens with one attached hydrogen (secondary N) is 2. The number of urea groups is 1. The number of carbonyl (C=O) groups excluding carboxylic acids is 1. The minimum atomic E-state index is 0.106. The molecule has 0 radical (unpaired) electrons. The number of hydrogen-bond donors (Lipinski definition) is 2. The maximum atomic E-state index is 11.8. The van der Waals surface area contributed by atoms with Gasteiger partial charge in [0.1, 0.15) is 0 Å². The molecule has 1 aliphatic rings. The van der Waals surface area contributed by atoms with Gasteiger partial charge in [-0.15, -0.1) is 0 Å². The van der Waals surface area contributed by atoms with Gasteiger partial charge < -0.3 is 15.5 Å². The summed E-state index contributed by atoms with van der Waals surface area (Å²) in [4.78, 5) is 13.8. The van der Waals surface area contributed by atoms with Crippen molar-refractivity contribution in [3.8, 4) is 0 Å². The summed E-state index contributed by atoms with van der Waals surface area (Å²) in [6.45, 7) is 6.81. The summed E-state index contributed by atoms with van der Waals surface area (Å²) in [6.07, 6.45) is 3.19. The zero-order chi connectivity index (χ0) is 12.0. The van der Waals surface area contributed by atoms with E-state index < -0.39 is 0 Å². The first kappa shape index (κ1) is 13.3. The largest absolute Gasteiger partial charge is 0.338 e. The quantitative estimate of drug-likeness (QED) is 0.763. The predicted molar refractivity (Wildman–Crippen MR) is 66.5 cm³/mol. The predicted octanol–water partition coefficient (Wildman–Crippen LogP) is 1.43. The maximum absolute atomic E-state index is 11.8. The second kappa shape index (κ2) is 6.74. The van der Waals surface area contributed by atoms with E-state index in [2.05, 4.69) is 24.5 Å². The molecule has 1 rings (SSSR count). The third kappa shape index (κ3) is 3.37. The number of amides is 2. The van der Waals surface area contributed by atoms with Crippen LogP contribution in [-0.2, 0) is 0 Å². The van der Waals surface area contributed by atoms with Crippen molar-refractivity contribution in [2.45, 2.75) is 39.2 Å². The van der Waals surface area contributed by atoms with Crippen LogP contribution in [0.4, 0.5) is 4.79 Å². The van der Waals surface area contributed by atoms with Gasteiger partial charge in [-0.05, 0) is 25.8 Å². The number of piperidine rings is 1. The molecular weight excluding hydrogens is 202 g/mol. The van der Waals surface area contributed by atoms with Crippen LogP contribution in [0.15, 0.2) is 0 Å². The molecule has 1 aliphatic heterocycles. The lowest BCUT2D eigenvalue weighted by Gasteiger charge is -2.38. The molecule has 2 atom stereocenters. The van der Waals surface area contributed by atoms with Gasteiger partial charge >= 0.3 is 6.03 Å². The first-order valence-corrected chi connectivity index (χ1v) is 6.42. The van der Waals surface area contributed by atoms with E-state index in [0.29, 0.717) is 12.0 Å². The monoisotopic (exact) mass is 227 g/mol. The second-order valence-corrected chi connectivity index (χ2v) is 4.53. The Morgan fingerprint density at radius 3 is 2.75 bits per heavy atom. The van der Waals surface area contributed by atoms with Crippen molar-refractivity contribution < 1.29 is 4.79 Å². The van der Waals surface area contributed by atoms with Crippen molar-refractivity contribution in [2.24, 2.45) is 5.92 Å². The zero-order valence-electron chi connectivity index (χ0n) is 10.8. The lowest BCUT2D eigenvalue weighted by molar-refractivity contribution is 0.144. The normalized spacial score (nSPS) is 25.6. The van der Waals surface area contributed by atoms with Crippen molar-refractivity contribution in [1.29, 1.82) is 0 Å². The standard InChI is InChI=1S/C12H25N3O/c1-4-7-14-12(16)15-8-6-11(13-3)10(5-2)9-15/h10-11,13H,4-9H2,1-3H3,(H,14,16). The Hall–Kier alpha value is -0.770. The Bertz CT molecular complexity index is 220. The Morgan fingerprint density at radius 1 is 1.44 bits per heavy atom. The van der Waals surface area contributed by atoms with Crippen LogP contribution in [0.3, 0.4) is 0 Å². The zero-order valence-corrected chi connectivity index (χ0v) is 10.8. The van der Waals surface area contributed by atoms with E-state index in [1.54, 1.807) is 0 Å². The highest BCUT2D eigenvalue weighted by Gasteiger charge is 2.28. The van der Waals surface area contributed by atoms with E-state index in [1.165, 1.54) is 0 Å². The van der Waals surface area contributed by atoms with Gasteiger partial charge in [0.25, 0.3) is 0 Å². The van der Waals surface area contributed by atoms with Gasteiger partial charge in [-0.25, -0.2) is 4.79 Å². The number of hydrogen-bond acceptors (Lipinski definition) is 2. The van der Waals surface area contributed by atoms with Crippen LogP contribution < -0.4 is 10.6 Å². The fourth-order valence-electron chi connectivity index (χ4n) is 2.35. The molecule has 1 fully saturated rings. The van der Waals surface area contributed by atoms with E-state index in [9.17, 15) is 4.79 Å². The van der Waals surface area contributed by atoms with Gasteiger partial charge in [-0.1, -0.05) is 20.3 Å². The molecule has 0 spiro atoms. The fourth-order valence-corrected chi connectivity index (χ4v) is 2.35. The molecule has 4 heteroatoms. The smallest absolute Gasteiger partial charge is 0.317 e. The van der Waals surface area contributed by atoms with Gasteiger partial charge in [-0.3, -0.25) is 0 Å². The lowest BCUT2D eigenvalue weighted by atomic mass is 9.90. The van der Waals surface area contributed by atoms with Crippen molar-refractivity contribution in [1.82, 2.24) is 15.5 Å². The molecule has 94 valence electrons. The molecule has 0 aromatic rings. The summed E-state index contributed by atoms with van der Waals surface area (Å²) in [5.74, 6) is 0.589. The minimum absolute atomic E-state index is 0.106. The third-order valence-corrected chi connectivity index (χ3v) is 3.44. The van der Waals surface area contributed by atoms with Gasteiger partial charge in [0.2, 0.25) is 0 Å². The molecule has 1 heterocycles. The summed E-state index contributed by atoms with van der Waals surface area (Å²) in [5, 5.41) is 6.30. The van der Waals surface area contributed by atoms with Gasteiger partial charge in [-0.2, -0.15) is 0 Å². The minimum Gasteiger partial charge on any atom is -0.338 e. The highest BCUT2D eigenvalue weighted by atomic mass is 16.2. The molecule has 0 saturated carbocycles. The van der Waals surface area contributed by atoms with Crippen LogP contribution in [0.25, 0.3) is 0 Å². The third-order valence-electron chi connectivity index (χ3n) is 3.44. The summed E-state index contributed by atoms with van der Waals surface area (Å²) in [6, 6.07) is 0.676. The van der Waals surface area contributed by atoms with Crippen molar-refractivity contribution in [3.05, 3.63) is 0 Å². The summed E-state index contributed by atoms with van der Waals surface area (Å²) < 4.78 is 0. The number of rotatable bonds is 4. The van der Waals surface area contributed by atoms with Crippen molar-refractivity contribution in [3.63, 3.8) is 0 Å². The first-order chi connectivity index (χ1) is 7.72. The van der Waals surface area contributed by atoms with Gasteiger partial charge in [0, 0.05) is 25.7 Å². The molecule has 0 aromatic carbocycles. The molecule has 0 aliphatic carbocycles. The summed E-state index contributed by atoms with van der Waals surface area (Å²) in [5.41, 5.74) is 0. The molecule has 4 nitrogen and oxygen atoms in total.